The summed E-state index contributed by atoms with van der Waals surface area (Å²) in [6.45, 7) is 0. The zero-order valence-corrected chi connectivity index (χ0v) is 24.0. The molecule has 0 spiro atoms. The van der Waals surface area contributed by atoms with Gasteiger partial charge in [0.05, 0.1) is 10.8 Å². The van der Waals surface area contributed by atoms with Gasteiger partial charge in [0.15, 0.2) is 105 Å². The number of hydrogen-bond acceptors (Lipinski definition) is 0. The van der Waals surface area contributed by atoms with E-state index in [1.807, 2.05) is 0 Å². The third kappa shape index (κ3) is 4.47. The summed E-state index contributed by atoms with van der Waals surface area (Å²) in [6.07, 6.45) is 0. The highest BCUT2D eigenvalue weighted by atomic mass is 28.2. The summed E-state index contributed by atoms with van der Waals surface area (Å²) >= 11 is 0. The minimum absolute atomic E-state index is 1.77. The Balaban J connectivity index is 1.77. The van der Waals surface area contributed by atoms with Gasteiger partial charge in [0.2, 0.25) is 0 Å². The van der Waals surface area contributed by atoms with Crippen LogP contribution in [-0.2, 0) is 0 Å². The van der Waals surface area contributed by atoms with Gasteiger partial charge in [-0.05, 0) is 10.4 Å². The van der Waals surface area contributed by atoms with Crippen molar-refractivity contribution in [2.75, 3.05) is 0 Å². The Labute approximate surface area is 245 Å². The van der Waals surface area contributed by atoms with Crippen LogP contribution in [0.5, 0.6) is 0 Å². The summed E-state index contributed by atoms with van der Waals surface area (Å²) < 4.78 is 260. The third-order valence-corrected chi connectivity index (χ3v) is 11.0. The van der Waals surface area contributed by atoms with Gasteiger partial charge in [0.1, 0.15) is 19.0 Å². The predicted molar refractivity (Wildman–Crippen MR) is 129 cm³/mol. The van der Waals surface area contributed by atoms with Crippen LogP contribution >= 0.6 is 0 Å². The Hall–Kier alpha value is -4.21. The van der Waals surface area contributed by atoms with Crippen molar-refractivity contribution in [2.24, 2.45) is 0 Å². The lowest BCUT2D eigenvalue weighted by Gasteiger charge is -2.17. The Bertz CT molecular complexity index is 2000. The van der Waals surface area contributed by atoms with Crippen LogP contribution in [0.15, 0.2) is 0 Å². The lowest BCUT2D eigenvalue weighted by atomic mass is 10.1. The molecule has 0 amide bonds. The predicted octanol–water partition coefficient (Wildman–Crippen LogP) is 4.74. The first-order valence-electron chi connectivity index (χ1n) is 11.8. The summed E-state index contributed by atoms with van der Waals surface area (Å²) in [5.74, 6) is -47.4. The van der Waals surface area contributed by atoms with Crippen molar-refractivity contribution >= 4 is 61.3 Å². The van der Waals surface area contributed by atoms with Crippen LogP contribution < -0.4 is 20.7 Å². The zero-order chi connectivity index (χ0) is 34.4. The van der Waals surface area contributed by atoms with Crippen LogP contribution in [0.3, 0.4) is 0 Å². The second-order valence-electron chi connectivity index (χ2n) is 9.42. The Morgan fingerprint density at radius 2 is 0.348 bits per heavy atom. The molecule has 0 fully saturated rings. The normalized spacial score (nSPS) is 12.4. The lowest BCUT2D eigenvalue weighted by molar-refractivity contribution is 0.411. The quantitative estimate of drug-likeness (QED) is 0.109. The Morgan fingerprint density at radius 1 is 0.174 bits per heavy atom. The Kier molecular flexibility index (Phi) is 8.11. The smallest absolute Gasteiger partial charge is 0.198 e. The van der Waals surface area contributed by atoms with Crippen LogP contribution in [0.2, 0.25) is 0 Å². The van der Waals surface area contributed by atoms with Crippen LogP contribution in [0, 0.1) is 105 Å². The second-order valence-corrected chi connectivity index (χ2v) is 13.0. The van der Waals surface area contributed by atoms with E-state index >= 15 is 17.6 Å². The molecule has 0 aliphatic heterocycles. The second kappa shape index (κ2) is 11.2. The fourth-order valence-corrected chi connectivity index (χ4v) is 8.44. The van der Waals surface area contributed by atoms with Gasteiger partial charge >= 0.3 is 0 Å². The van der Waals surface area contributed by atoms with E-state index in [4.69, 9.17) is 0 Å². The van der Waals surface area contributed by atoms with Crippen molar-refractivity contribution in [3.63, 3.8) is 0 Å². The fourth-order valence-electron chi connectivity index (χ4n) is 4.86. The molecule has 0 bridgehead atoms. The molecule has 0 radical (unpaired) electrons. The highest BCUT2D eigenvalue weighted by Gasteiger charge is 2.35. The summed E-state index contributed by atoms with van der Waals surface area (Å²) in [5.41, 5.74) is 0. The van der Waals surface area contributed by atoms with E-state index in [2.05, 4.69) is 0 Å². The molecule has 0 N–H and O–H groups in total. The molecule has 0 heterocycles. The van der Waals surface area contributed by atoms with Crippen LogP contribution in [0.4, 0.5) is 79.0 Å². The van der Waals surface area contributed by atoms with E-state index in [0.29, 0.717) is 0 Å². The van der Waals surface area contributed by atoms with E-state index < -0.39 is 166 Å². The molecule has 5 aromatic rings. The first-order valence-corrected chi connectivity index (χ1v) is 14.6. The van der Waals surface area contributed by atoms with E-state index in [9.17, 15) is 61.5 Å². The number of benzene rings is 5. The van der Waals surface area contributed by atoms with E-state index in [0.717, 1.165) is 0 Å². The summed E-state index contributed by atoms with van der Waals surface area (Å²) in [4.78, 5) is 0. The molecule has 0 saturated carbocycles. The molecular weight excluding hydrogens is 710 g/mol. The number of rotatable bonds is 4. The lowest BCUT2D eigenvalue weighted by Crippen LogP contribution is -2.44. The molecule has 0 unspecified atom stereocenters. The largest absolute Gasteiger partial charge is 0.204 e. The number of fused-ring (bicyclic) bond motifs is 2. The van der Waals surface area contributed by atoms with Crippen molar-refractivity contribution in [1.82, 2.24) is 0 Å². The molecular formula is C26H4F18Si2. The number of halogens is 18. The van der Waals surface area contributed by atoms with Crippen LogP contribution in [0.1, 0.15) is 0 Å². The first-order chi connectivity index (χ1) is 21.4. The Morgan fingerprint density at radius 3 is 0.587 bits per heavy atom. The average molecular weight is 714 g/mol. The zero-order valence-electron chi connectivity index (χ0n) is 21.2. The van der Waals surface area contributed by atoms with E-state index in [-0.39, 0.29) is 0 Å². The third-order valence-electron chi connectivity index (χ3n) is 7.03. The van der Waals surface area contributed by atoms with Gasteiger partial charge in [-0.1, -0.05) is 0 Å². The van der Waals surface area contributed by atoms with Gasteiger partial charge in [-0.25, -0.2) is 79.0 Å². The number of hydrogen-bond donors (Lipinski definition) is 0. The van der Waals surface area contributed by atoms with Crippen molar-refractivity contribution in [3.05, 3.63) is 105 Å². The van der Waals surface area contributed by atoms with E-state index in [1.54, 1.807) is 0 Å². The summed E-state index contributed by atoms with van der Waals surface area (Å²) in [7, 11) is -7.65. The monoisotopic (exact) mass is 714 g/mol. The molecule has 5 rings (SSSR count). The molecule has 0 saturated heterocycles. The molecule has 5 aromatic carbocycles. The van der Waals surface area contributed by atoms with Gasteiger partial charge < -0.3 is 0 Å². The molecule has 0 aliphatic rings. The van der Waals surface area contributed by atoms with Crippen molar-refractivity contribution in [2.45, 2.75) is 0 Å². The highest BCUT2D eigenvalue weighted by Crippen LogP contribution is 2.32. The molecule has 0 nitrogen and oxygen atoms in total. The topological polar surface area (TPSA) is 0 Å². The van der Waals surface area contributed by atoms with Crippen LogP contribution in [0.25, 0.3) is 21.5 Å². The van der Waals surface area contributed by atoms with Gasteiger partial charge in [0, 0.05) is 21.1 Å². The van der Waals surface area contributed by atoms with Crippen molar-refractivity contribution in [1.29, 1.82) is 0 Å². The average Bonchev–Trinajstić information content (AvgIpc) is 3.02. The molecule has 0 aromatic heterocycles. The summed E-state index contributed by atoms with van der Waals surface area (Å²) in [6, 6.07) is 0. The standard InChI is InChI=1S/C26H4F18Si2/c27-5-1-3(9(31)13(35)11(5)33)23(17(39)15(37)7(1)29)45-25-19(41)21(43)26(22(44)20(25)42)46-24-4-2(8(30)16(38)18(24)40)6(28)12(34)14(36)10(4)32/h45-46H2. The molecule has 242 valence electrons. The first kappa shape index (κ1) is 33.2. The molecule has 20 heteroatoms. The van der Waals surface area contributed by atoms with Crippen LogP contribution in [-0.4, -0.2) is 19.0 Å². The van der Waals surface area contributed by atoms with Gasteiger partial charge in [-0.2, -0.15) is 0 Å². The molecule has 46 heavy (non-hydrogen) atoms. The minimum atomic E-state index is -3.83. The van der Waals surface area contributed by atoms with Crippen molar-refractivity contribution < 1.29 is 79.0 Å². The van der Waals surface area contributed by atoms with Gasteiger partial charge in [-0.15, -0.1) is 0 Å². The molecule has 0 aliphatic carbocycles. The van der Waals surface area contributed by atoms with E-state index in [1.165, 1.54) is 0 Å². The highest BCUT2D eigenvalue weighted by molar-refractivity contribution is 6.72. The molecule has 0 atom stereocenters. The van der Waals surface area contributed by atoms with Gasteiger partial charge in [-0.3, -0.25) is 0 Å². The SMILES string of the molecule is Fc1c(F)c([SiH2]c2c(F)c(F)c(F)c3c(F)c(F)c(F)c(F)c23)c(F)c(F)c1[SiH2]c1c(F)c(F)c(F)c2c(F)c(F)c(F)c(F)c12. The maximum atomic E-state index is 15.2. The van der Waals surface area contributed by atoms with Gasteiger partial charge in [0.25, 0.3) is 0 Å². The summed E-state index contributed by atoms with van der Waals surface area (Å²) in [5, 5.41) is -15.4. The van der Waals surface area contributed by atoms with Crippen molar-refractivity contribution in [3.8, 4) is 0 Å². The minimum Gasteiger partial charge on any atom is -0.204 e. The maximum absolute atomic E-state index is 15.2. The maximum Gasteiger partial charge on any atom is 0.198 e. The fraction of sp³-hybridized carbons (Fsp3) is 0.